The summed E-state index contributed by atoms with van der Waals surface area (Å²) in [5.74, 6) is 0.796. The molecule has 2 nitrogen and oxygen atoms in total. The maximum absolute atomic E-state index is 6.06. The zero-order valence-corrected chi connectivity index (χ0v) is 11.3. The van der Waals surface area contributed by atoms with Crippen molar-refractivity contribution in [2.24, 2.45) is 5.92 Å². The quantitative estimate of drug-likeness (QED) is 0.798. The molecule has 0 bridgehead atoms. The van der Waals surface area contributed by atoms with Crippen molar-refractivity contribution in [1.29, 1.82) is 0 Å². The highest BCUT2D eigenvalue weighted by Crippen LogP contribution is 2.47. The molecule has 0 aliphatic heterocycles. The maximum atomic E-state index is 6.06. The molecule has 2 aromatic rings. The van der Waals surface area contributed by atoms with Crippen LogP contribution in [0.5, 0.6) is 0 Å². The van der Waals surface area contributed by atoms with E-state index < -0.39 is 0 Å². The number of benzene rings is 1. The SMILES string of the molecule is CCCC1CC1n1c(=S)[nH]c2ccc(Cl)cc21. The van der Waals surface area contributed by atoms with Gasteiger partial charge in [-0.25, -0.2) is 0 Å². The van der Waals surface area contributed by atoms with Crippen LogP contribution in [0.3, 0.4) is 0 Å². The van der Waals surface area contributed by atoms with Crippen molar-refractivity contribution < 1.29 is 0 Å². The molecule has 0 amide bonds. The van der Waals surface area contributed by atoms with Crippen LogP contribution in [0.25, 0.3) is 11.0 Å². The van der Waals surface area contributed by atoms with Crippen molar-refractivity contribution >= 4 is 34.9 Å². The second kappa shape index (κ2) is 4.14. The highest BCUT2D eigenvalue weighted by molar-refractivity contribution is 7.71. The van der Waals surface area contributed by atoms with Gasteiger partial charge < -0.3 is 9.55 Å². The molecule has 1 fully saturated rings. The monoisotopic (exact) mass is 266 g/mol. The number of imidazole rings is 1. The van der Waals surface area contributed by atoms with Crippen LogP contribution in [-0.2, 0) is 0 Å². The molecular weight excluding hydrogens is 252 g/mol. The Balaban J connectivity index is 2.07. The maximum Gasteiger partial charge on any atom is 0.178 e. The molecule has 1 aromatic heterocycles. The number of fused-ring (bicyclic) bond motifs is 1. The van der Waals surface area contributed by atoms with Crippen LogP contribution in [0.4, 0.5) is 0 Å². The molecule has 1 aromatic carbocycles. The number of aromatic amines is 1. The van der Waals surface area contributed by atoms with Gasteiger partial charge in [0.15, 0.2) is 4.77 Å². The summed E-state index contributed by atoms with van der Waals surface area (Å²) in [4.78, 5) is 3.26. The number of nitrogens with zero attached hydrogens (tertiary/aromatic N) is 1. The molecule has 4 heteroatoms. The van der Waals surface area contributed by atoms with E-state index in [9.17, 15) is 0 Å². The van der Waals surface area contributed by atoms with Crippen LogP contribution in [-0.4, -0.2) is 9.55 Å². The summed E-state index contributed by atoms with van der Waals surface area (Å²) in [6.07, 6.45) is 3.79. The van der Waals surface area contributed by atoms with Crippen molar-refractivity contribution in [2.45, 2.75) is 32.2 Å². The molecule has 1 aliphatic carbocycles. The lowest BCUT2D eigenvalue weighted by molar-refractivity contribution is 0.613. The average molecular weight is 267 g/mol. The summed E-state index contributed by atoms with van der Waals surface area (Å²) in [5, 5.41) is 0.771. The molecule has 90 valence electrons. The Morgan fingerprint density at radius 2 is 2.35 bits per heavy atom. The first-order valence-corrected chi connectivity index (χ1v) is 6.89. The summed E-state index contributed by atoms with van der Waals surface area (Å²) in [5.41, 5.74) is 2.23. The molecule has 1 heterocycles. The van der Waals surface area contributed by atoms with E-state index in [1.54, 1.807) is 0 Å². The first-order chi connectivity index (χ1) is 8.20. The molecule has 0 radical (unpaired) electrons. The van der Waals surface area contributed by atoms with E-state index in [0.717, 1.165) is 26.7 Å². The minimum Gasteiger partial charge on any atom is -0.331 e. The van der Waals surface area contributed by atoms with Gasteiger partial charge in [0, 0.05) is 11.1 Å². The summed E-state index contributed by atoms with van der Waals surface area (Å²) in [6.45, 7) is 2.24. The van der Waals surface area contributed by atoms with E-state index in [1.165, 1.54) is 19.3 Å². The Morgan fingerprint density at radius 1 is 1.53 bits per heavy atom. The van der Waals surface area contributed by atoms with Gasteiger partial charge in [0.05, 0.1) is 11.0 Å². The van der Waals surface area contributed by atoms with Gasteiger partial charge in [-0.1, -0.05) is 24.9 Å². The first kappa shape index (κ1) is 11.3. The zero-order valence-electron chi connectivity index (χ0n) is 9.74. The number of hydrogen-bond acceptors (Lipinski definition) is 1. The van der Waals surface area contributed by atoms with Crippen molar-refractivity contribution in [3.05, 3.63) is 28.0 Å². The number of nitrogens with one attached hydrogen (secondary N) is 1. The minimum absolute atomic E-state index is 0.578. The number of halogens is 1. The molecule has 0 saturated heterocycles. The van der Waals surface area contributed by atoms with Crippen molar-refractivity contribution in [3.8, 4) is 0 Å². The topological polar surface area (TPSA) is 20.7 Å². The number of aromatic nitrogens is 2. The average Bonchev–Trinajstić information content (AvgIpc) is 2.94. The van der Waals surface area contributed by atoms with Gasteiger partial charge in [0.1, 0.15) is 0 Å². The summed E-state index contributed by atoms with van der Waals surface area (Å²) >= 11 is 11.5. The van der Waals surface area contributed by atoms with Crippen molar-refractivity contribution in [1.82, 2.24) is 9.55 Å². The Kier molecular flexibility index (Phi) is 2.75. The third-order valence-electron chi connectivity index (χ3n) is 3.56. The third kappa shape index (κ3) is 1.91. The number of rotatable bonds is 3. The molecule has 1 N–H and O–H groups in total. The van der Waals surface area contributed by atoms with Gasteiger partial charge in [-0.2, -0.15) is 0 Å². The smallest absolute Gasteiger partial charge is 0.178 e. The third-order valence-corrected chi connectivity index (χ3v) is 4.09. The fourth-order valence-electron chi connectivity index (χ4n) is 2.65. The summed E-state index contributed by atoms with van der Waals surface area (Å²) < 4.78 is 3.07. The summed E-state index contributed by atoms with van der Waals surface area (Å²) in [7, 11) is 0. The number of hydrogen-bond donors (Lipinski definition) is 1. The van der Waals surface area contributed by atoms with Crippen LogP contribution in [0.15, 0.2) is 18.2 Å². The fourth-order valence-corrected chi connectivity index (χ4v) is 3.16. The molecule has 0 spiro atoms. The van der Waals surface area contributed by atoms with Crippen LogP contribution >= 0.6 is 23.8 Å². The minimum atomic E-state index is 0.578. The summed E-state index contributed by atoms with van der Waals surface area (Å²) in [6, 6.07) is 6.48. The van der Waals surface area contributed by atoms with Gasteiger partial charge >= 0.3 is 0 Å². The predicted octanol–water partition coefficient (Wildman–Crippen LogP) is 4.71. The Labute approximate surface area is 111 Å². The normalized spacial score (nSPS) is 23.2. The van der Waals surface area contributed by atoms with E-state index in [-0.39, 0.29) is 0 Å². The second-order valence-corrected chi connectivity index (χ2v) is 5.64. The second-order valence-electron chi connectivity index (χ2n) is 4.81. The van der Waals surface area contributed by atoms with Crippen LogP contribution in [0.2, 0.25) is 5.02 Å². The van der Waals surface area contributed by atoms with Crippen LogP contribution < -0.4 is 0 Å². The van der Waals surface area contributed by atoms with Gasteiger partial charge in [-0.05, 0) is 49.2 Å². The van der Waals surface area contributed by atoms with E-state index in [4.69, 9.17) is 23.8 Å². The molecule has 2 unspecified atom stereocenters. The highest BCUT2D eigenvalue weighted by atomic mass is 35.5. The molecule has 1 saturated carbocycles. The number of H-pyrrole nitrogens is 1. The highest BCUT2D eigenvalue weighted by Gasteiger charge is 2.38. The van der Waals surface area contributed by atoms with E-state index in [2.05, 4.69) is 16.5 Å². The van der Waals surface area contributed by atoms with Gasteiger partial charge in [-0.15, -0.1) is 0 Å². The van der Waals surface area contributed by atoms with Crippen molar-refractivity contribution in [2.75, 3.05) is 0 Å². The molecular formula is C13H15ClN2S. The van der Waals surface area contributed by atoms with Gasteiger partial charge in [-0.3, -0.25) is 0 Å². The molecule has 2 atom stereocenters. The van der Waals surface area contributed by atoms with Gasteiger partial charge in [0.25, 0.3) is 0 Å². The Morgan fingerprint density at radius 3 is 3.12 bits per heavy atom. The standard InChI is InChI=1S/C13H15ClN2S/c1-2-3-8-6-11(8)16-12-7-9(14)4-5-10(12)15-13(16)17/h4-5,7-8,11H,2-3,6H2,1H3,(H,15,17). The predicted molar refractivity (Wildman–Crippen MR) is 74.2 cm³/mol. The zero-order chi connectivity index (χ0) is 12.0. The van der Waals surface area contributed by atoms with Gasteiger partial charge in [0.2, 0.25) is 0 Å². The van der Waals surface area contributed by atoms with E-state index in [1.807, 2.05) is 18.2 Å². The van der Waals surface area contributed by atoms with Crippen LogP contribution in [0.1, 0.15) is 32.2 Å². The lowest BCUT2D eigenvalue weighted by Gasteiger charge is -2.03. The Bertz CT molecular complexity index is 613. The van der Waals surface area contributed by atoms with Crippen LogP contribution in [0, 0.1) is 10.7 Å². The van der Waals surface area contributed by atoms with Crippen molar-refractivity contribution in [3.63, 3.8) is 0 Å². The first-order valence-electron chi connectivity index (χ1n) is 6.10. The molecule has 1 aliphatic rings. The molecule has 17 heavy (non-hydrogen) atoms. The lowest BCUT2D eigenvalue weighted by Crippen LogP contribution is -1.96. The fraction of sp³-hybridized carbons (Fsp3) is 0.462. The van der Waals surface area contributed by atoms with E-state index in [0.29, 0.717) is 6.04 Å². The Hall–Kier alpha value is -0.800. The largest absolute Gasteiger partial charge is 0.331 e. The van der Waals surface area contributed by atoms with E-state index >= 15 is 0 Å². The lowest BCUT2D eigenvalue weighted by atomic mass is 10.2. The molecule has 3 rings (SSSR count).